The third-order valence-electron chi connectivity index (χ3n) is 5.75. The number of nitrogens with two attached hydrogens (primary N) is 2. The minimum absolute atomic E-state index is 0.286. The zero-order valence-corrected chi connectivity index (χ0v) is 17.3. The highest BCUT2D eigenvalue weighted by molar-refractivity contribution is 5.93. The summed E-state index contributed by atoms with van der Waals surface area (Å²) in [6.07, 6.45) is 8.67. The maximum atomic E-state index is 10.1. The number of amidine groups is 1. The van der Waals surface area contributed by atoms with Gasteiger partial charge in [-0.3, -0.25) is 0 Å². The lowest BCUT2D eigenvalue weighted by atomic mass is 9.64. The second-order valence-electron chi connectivity index (χ2n) is 7.65. The van der Waals surface area contributed by atoms with Crippen molar-refractivity contribution in [1.82, 2.24) is 4.98 Å². The van der Waals surface area contributed by atoms with Crippen LogP contribution in [0.1, 0.15) is 50.7 Å². The lowest BCUT2D eigenvalue weighted by Crippen LogP contribution is -2.38. The number of hydrogen-bond acceptors (Lipinski definition) is 6. The van der Waals surface area contributed by atoms with Crippen molar-refractivity contribution in [1.29, 1.82) is 5.26 Å². The van der Waals surface area contributed by atoms with E-state index in [0.29, 0.717) is 19.0 Å². The average Bonchev–Trinajstić information content (AvgIpc) is 2.70. The molecule has 3 rings (SSSR count). The highest BCUT2D eigenvalue weighted by Gasteiger charge is 2.41. The first-order valence-corrected chi connectivity index (χ1v) is 10.2. The summed E-state index contributed by atoms with van der Waals surface area (Å²) in [5.41, 5.74) is 14.1. The Morgan fingerprint density at radius 3 is 2.69 bits per heavy atom. The number of pyridine rings is 1. The first-order valence-electron chi connectivity index (χ1n) is 10.2. The van der Waals surface area contributed by atoms with Gasteiger partial charge in [-0.25, -0.2) is 9.98 Å². The van der Waals surface area contributed by atoms with Gasteiger partial charge in [0.05, 0.1) is 24.7 Å². The van der Waals surface area contributed by atoms with Crippen LogP contribution in [0.4, 0.5) is 11.6 Å². The summed E-state index contributed by atoms with van der Waals surface area (Å²) >= 11 is 0. The summed E-state index contributed by atoms with van der Waals surface area (Å²) in [4.78, 5) is 11.6. The number of morpholine rings is 1. The standard InChI is InChI=1S/C22H30N6O/c1-3-16(2)13-17-18(22(15-24)6-4-7-22)14-20(28-9-11-29-12-10-28)27-21(17)26-19(25)5-8-23/h5,8,13-14H,3-4,6-7,9-12,23H2,1-2H3,(H2,25,26,27)/b8-5-,16-13?. The monoisotopic (exact) mass is 394 g/mol. The molecule has 2 aliphatic rings. The second-order valence-corrected chi connectivity index (χ2v) is 7.65. The van der Waals surface area contributed by atoms with Gasteiger partial charge in [0.1, 0.15) is 11.7 Å². The maximum absolute atomic E-state index is 10.1. The SMILES string of the molecule is CCC(C)=Cc1c(C2(C#N)CCC2)cc(N2CCOCC2)nc1/N=C(N)\C=C/N. The molecule has 4 N–H and O–H groups in total. The van der Waals surface area contributed by atoms with Crippen molar-refractivity contribution >= 4 is 23.5 Å². The van der Waals surface area contributed by atoms with E-state index >= 15 is 0 Å². The van der Waals surface area contributed by atoms with E-state index in [1.807, 2.05) is 0 Å². The molecule has 2 fully saturated rings. The van der Waals surface area contributed by atoms with Crippen molar-refractivity contribution in [3.63, 3.8) is 0 Å². The summed E-state index contributed by atoms with van der Waals surface area (Å²) in [6.45, 7) is 7.03. The summed E-state index contributed by atoms with van der Waals surface area (Å²) in [6, 6.07) is 4.66. The molecular weight excluding hydrogens is 364 g/mol. The smallest absolute Gasteiger partial charge is 0.164 e. The number of aliphatic imine (C=N–C) groups is 1. The van der Waals surface area contributed by atoms with Crippen molar-refractivity contribution in [2.24, 2.45) is 16.5 Å². The van der Waals surface area contributed by atoms with Crippen LogP contribution in [0.15, 0.2) is 28.9 Å². The van der Waals surface area contributed by atoms with E-state index in [2.05, 4.69) is 42.0 Å². The van der Waals surface area contributed by atoms with Crippen LogP contribution in [0.3, 0.4) is 0 Å². The summed E-state index contributed by atoms with van der Waals surface area (Å²) < 4.78 is 5.49. The van der Waals surface area contributed by atoms with E-state index in [-0.39, 0.29) is 5.84 Å². The molecule has 1 aliphatic heterocycles. The minimum Gasteiger partial charge on any atom is -0.404 e. The molecule has 0 bridgehead atoms. The minimum atomic E-state index is -0.493. The van der Waals surface area contributed by atoms with Crippen molar-refractivity contribution < 1.29 is 4.74 Å². The highest BCUT2D eigenvalue weighted by Crippen LogP contribution is 2.47. The second kappa shape index (κ2) is 9.10. The molecule has 0 radical (unpaired) electrons. The Morgan fingerprint density at radius 2 is 2.14 bits per heavy atom. The Kier molecular flexibility index (Phi) is 6.55. The van der Waals surface area contributed by atoms with Gasteiger partial charge in [-0.15, -0.1) is 0 Å². The molecular formula is C22H30N6O. The van der Waals surface area contributed by atoms with Crippen LogP contribution < -0.4 is 16.4 Å². The van der Waals surface area contributed by atoms with Crippen LogP contribution in [0, 0.1) is 11.3 Å². The largest absolute Gasteiger partial charge is 0.404 e. The van der Waals surface area contributed by atoms with Crippen LogP contribution in [0.5, 0.6) is 0 Å². The normalized spacial score (nSPS) is 19.8. The molecule has 1 saturated heterocycles. The molecule has 7 nitrogen and oxygen atoms in total. The fraction of sp³-hybridized carbons (Fsp3) is 0.500. The summed E-state index contributed by atoms with van der Waals surface area (Å²) in [5.74, 6) is 1.64. The zero-order chi connectivity index (χ0) is 20.9. The highest BCUT2D eigenvalue weighted by atomic mass is 16.5. The fourth-order valence-electron chi connectivity index (χ4n) is 3.68. The van der Waals surface area contributed by atoms with Crippen LogP contribution in [0.2, 0.25) is 0 Å². The third-order valence-corrected chi connectivity index (χ3v) is 5.75. The van der Waals surface area contributed by atoms with Crippen molar-refractivity contribution in [2.75, 3.05) is 31.2 Å². The molecule has 0 unspecified atom stereocenters. The van der Waals surface area contributed by atoms with Crippen LogP contribution in [-0.4, -0.2) is 37.1 Å². The Labute approximate surface area is 172 Å². The van der Waals surface area contributed by atoms with Gasteiger partial charge in [-0.05, 0) is 56.5 Å². The number of hydrogen-bond donors (Lipinski definition) is 2. The molecule has 0 atom stereocenters. The molecule has 2 heterocycles. The van der Waals surface area contributed by atoms with Gasteiger partial charge in [-0.2, -0.15) is 5.26 Å². The topological polar surface area (TPSA) is 114 Å². The van der Waals surface area contributed by atoms with E-state index in [1.165, 1.54) is 11.8 Å². The van der Waals surface area contributed by atoms with E-state index in [9.17, 15) is 5.26 Å². The number of ether oxygens (including phenoxy) is 1. The molecule has 7 heteroatoms. The quantitative estimate of drug-likeness (QED) is 0.566. The van der Waals surface area contributed by atoms with Crippen molar-refractivity contribution in [2.45, 2.75) is 44.9 Å². The van der Waals surface area contributed by atoms with Gasteiger partial charge in [-0.1, -0.05) is 18.6 Å². The summed E-state index contributed by atoms with van der Waals surface area (Å²) in [7, 11) is 0. The van der Waals surface area contributed by atoms with Crippen LogP contribution in [0.25, 0.3) is 6.08 Å². The third kappa shape index (κ3) is 4.43. The maximum Gasteiger partial charge on any atom is 0.164 e. The predicted molar refractivity (Wildman–Crippen MR) is 117 cm³/mol. The van der Waals surface area contributed by atoms with Gasteiger partial charge in [0.25, 0.3) is 0 Å². The van der Waals surface area contributed by atoms with Gasteiger partial charge in [0.2, 0.25) is 0 Å². The van der Waals surface area contributed by atoms with Gasteiger partial charge < -0.3 is 21.1 Å². The zero-order valence-electron chi connectivity index (χ0n) is 17.3. The van der Waals surface area contributed by atoms with E-state index < -0.39 is 5.41 Å². The molecule has 0 aromatic carbocycles. The number of nitriles is 1. The Hall–Kier alpha value is -2.85. The van der Waals surface area contributed by atoms with Crippen molar-refractivity contribution in [3.8, 4) is 6.07 Å². The van der Waals surface area contributed by atoms with Gasteiger partial charge in [0.15, 0.2) is 5.82 Å². The molecule has 0 amide bonds. The molecule has 0 spiro atoms. The predicted octanol–water partition coefficient (Wildman–Crippen LogP) is 3.14. The first-order chi connectivity index (χ1) is 14.0. The van der Waals surface area contributed by atoms with E-state index in [0.717, 1.165) is 55.7 Å². The summed E-state index contributed by atoms with van der Waals surface area (Å²) in [5, 5.41) is 10.1. The molecule has 1 aromatic rings. The average molecular weight is 395 g/mol. The molecule has 1 saturated carbocycles. The number of anilines is 1. The lowest BCUT2D eigenvalue weighted by molar-refractivity contribution is 0.122. The number of allylic oxidation sites excluding steroid dienone is 1. The first kappa shape index (κ1) is 20.9. The molecule has 1 aromatic heterocycles. The number of aromatic nitrogens is 1. The van der Waals surface area contributed by atoms with Crippen LogP contribution in [-0.2, 0) is 10.2 Å². The Morgan fingerprint density at radius 1 is 1.41 bits per heavy atom. The molecule has 1 aliphatic carbocycles. The van der Waals surface area contributed by atoms with Crippen molar-refractivity contribution in [3.05, 3.63) is 35.0 Å². The number of rotatable bonds is 6. The number of nitrogens with zero attached hydrogens (tertiary/aromatic N) is 4. The lowest BCUT2D eigenvalue weighted by Gasteiger charge is -2.38. The molecule has 29 heavy (non-hydrogen) atoms. The van der Waals surface area contributed by atoms with Gasteiger partial charge in [0, 0.05) is 18.7 Å². The Bertz CT molecular complexity index is 870. The fourth-order valence-corrected chi connectivity index (χ4v) is 3.68. The molecule has 154 valence electrons. The van der Waals surface area contributed by atoms with E-state index in [1.54, 1.807) is 6.08 Å². The van der Waals surface area contributed by atoms with Gasteiger partial charge >= 0.3 is 0 Å². The van der Waals surface area contributed by atoms with E-state index in [4.69, 9.17) is 21.2 Å². The van der Waals surface area contributed by atoms with Crippen LogP contribution >= 0.6 is 0 Å². The Balaban J connectivity index is 2.24.